The highest BCUT2D eigenvalue weighted by atomic mass is 16.6. The van der Waals surface area contributed by atoms with Crippen LogP contribution < -0.4 is 0 Å². The van der Waals surface area contributed by atoms with Crippen LogP contribution >= 0.6 is 0 Å². The van der Waals surface area contributed by atoms with Gasteiger partial charge in [0.15, 0.2) is 0 Å². The lowest BCUT2D eigenvalue weighted by atomic mass is 10.1. The van der Waals surface area contributed by atoms with Crippen molar-refractivity contribution in [3.8, 4) is 0 Å². The standard InChI is InChI=1S/C16H22N2O3/c19-14(11-18-7-9-20-10-8-18)12-21-17-16-6-5-13-3-1-2-4-15(13)16/h1-4,14,19H,5-12H2/b17-16-. The van der Waals surface area contributed by atoms with E-state index < -0.39 is 6.10 Å². The van der Waals surface area contributed by atoms with E-state index in [1.165, 1.54) is 11.1 Å². The fourth-order valence-corrected chi connectivity index (χ4v) is 2.84. The SMILES string of the molecule is OC(CO/N=C1/CCc2ccccc21)CN1CCOCC1. The van der Waals surface area contributed by atoms with Crippen molar-refractivity contribution in [1.82, 2.24) is 4.90 Å². The van der Waals surface area contributed by atoms with Crippen LogP contribution in [0.15, 0.2) is 29.4 Å². The molecule has 114 valence electrons. The van der Waals surface area contributed by atoms with Crippen molar-refractivity contribution in [2.75, 3.05) is 39.5 Å². The molecule has 5 nitrogen and oxygen atoms in total. The summed E-state index contributed by atoms with van der Waals surface area (Å²) < 4.78 is 5.29. The van der Waals surface area contributed by atoms with Crippen molar-refractivity contribution in [3.05, 3.63) is 35.4 Å². The molecule has 1 aromatic carbocycles. The van der Waals surface area contributed by atoms with Gasteiger partial charge in [0.1, 0.15) is 12.7 Å². The highest BCUT2D eigenvalue weighted by molar-refractivity contribution is 6.04. The number of aliphatic hydroxyl groups is 1. The minimum atomic E-state index is -0.510. The van der Waals surface area contributed by atoms with E-state index in [0.29, 0.717) is 6.54 Å². The molecule has 1 heterocycles. The number of oxime groups is 1. The van der Waals surface area contributed by atoms with Crippen LogP contribution in [0.25, 0.3) is 0 Å². The molecule has 1 unspecified atom stereocenters. The van der Waals surface area contributed by atoms with E-state index in [4.69, 9.17) is 9.57 Å². The van der Waals surface area contributed by atoms with Crippen molar-refractivity contribution in [3.63, 3.8) is 0 Å². The first kappa shape index (κ1) is 14.5. The van der Waals surface area contributed by atoms with Gasteiger partial charge in [-0.3, -0.25) is 4.90 Å². The zero-order chi connectivity index (χ0) is 14.5. The second kappa shape index (κ2) is 7.02. The summed E-state index contributed by atoms with van der Waals surface area (Å²) in [5.41, 5.74) is 3.50. The number of rotatable bonds is 5. The first-order chi connectivity index (χ1) is 10.3. The van der Waals surface area contributed by atoms with Gasteiger partial charge in [0.25, 0.3) is 0 Å². The summed E-state index contributed by atoms with van der Waals surface area (Å²) in [6, 6.07) is 8.28. The normalized spacial score (nSPS) is 22.2. The smallest absolute Gasteiger partial charge is 0.144 e. The van der Waals surface area contributed by atoms with E-state index in [-0.39, 0.29) is 6.61 Å². The van der Waals surface area contributed by atoms with E-state index in [1.54, 1.807) is 0 Å². The Kier molecular flexibility index (Phi) is 4.85. The van der Waals surface area contributed by atoms with Crippen LogP contribution in [0.2, 0.25) is 0 Å². The van der Waals surface area contributed by atoms with Crippen LogP contribution in [0.4, 0.5) is 0 Å². The molecular weight excluding hydrogens is 268 g/mol. The maximum Gasteiger partial charge on any atom is 0.144 e. The second-order valence-corrected chi connectivity index (χ2v) is 5.56. The third-order valence-electron chi connectivity index (χ3n) is 3.97. The Bertz CT molecular complexity index is 498. The lowest BCUT2D eigenvalue weighted by Crippen LogP contribution is -2.42. The predicted molar refractivity (Wildman–Crippen MR) is 80.5 cm³/mol. The minimum Gasteiger partial charge on any atom is -0.393 e. The van der Waals surface area contributed by atoms with Crippen molar-refractivity contribution in [2.24, 2.45) is 5.16 Å². The summed E-state index contributed by atoms with van der Waals surface area (Å²) in [7, 11) is 0. The van der Waals surface area contributed by atoms with Crippen LogP contribution in [0.5, 0.6) is 0 Å². The summed E-state index contributed by atoms with van der Waals surface area (Å²) in [4.78, 5) is 7.55. The number of aliphatic hydroxyl groups excluding tert-OH is 1. The lowest BCUT2D eigenvalue weighted by Gasteiger charge is -2.28. The zero-order valence-corrected chi connectivity index (χ0v) is 12.2. The number of aryl methyl sites for hydroxylation is 1. The van der Waals surface area contributed by atoms with Gasteiger partial charge in [-0.15, -0.1) is 0 Å². The Morgan fingerprint density at radius 2 is 2.05 bits per heavy atom. The van der Waals surface area contributed by atoms with Crippen LogP contribution in [0, 0.1) is 0 Å². The summed E-state index contributed by atoms with van der Waals surface area (Å²) in [5.74, 6) is 0. The average molecular weight is 290 g/mol. The highest BCUT2D eigenvalue weighted by Crippen LogP contribution is 2.22. The fourth-order valence-electron chi connectivity index (χ4n) is 2.84. The Morgan fingerprint density at radius 1 is 1.24 bits per heavy atom. The third kappa shape index (κ3) is 3.81. The van der Waals surface area contributed by atoms with E-state index in [0.717, 1.165) is 44.9 Å². The molecule has 0 radical (unpaired) electrons. The number of nitrogens with zero attached hydrogens (tertiary/aromatic N) is 2. The molecule has 2 aliphatic rings. The number of morpholine rings is 1. The number of ether oxygens (including phenoxy) is 1. The second-order valence-electron chi connectivity index (χ2n) is 5.56. The highest BCUT2D eigenvalue weighted by Gasteiger charge is 2.18. The van der Waals surface area contributed by atoms with Gasteiger partial charge < -0.3 is 14.7 Å². The largest absolute Gasteiger partial charge is 0.393 e. The molecule has 1 N–H and O–H groups in total. The average Bonchev–Trinajstić information content (AvgIpc) is 2.92. The first-order valence-corrected chi connectivity index (χ1v) is 7.58. The van der Waals surface area contributed by atoms with Crippen LogP contribution in [0.1, 0.15) is 17.5 Å². The molecule has 1 aliphatic heterocycles. The number of hydrogen-bond acceptors (Lipinski definition) is 5. The maximum absolute atomic E-state index is 9.99. The van der Waals surface area contributed by atoms with Gasteiger partial charge in [0.2, 0.25) is 0 Å². The molecule has 0 amide bonds. The van der Waals surface area contributed by atoms with Gasteiger partial charge in [-0.1, -0.05) is 29.4 Å². The molecule has 21 heavy (non-hydrogen) atoms. The molecule has 1 aliphatic carbocycles. The van der Waals surface area contributed by atoms with Crippen molar-refractivity contribution >= 4 is 5.71 Å². The quantitative estimate of drug-likeness (QED) is 0.824. The van der Waals surface area contributed by atoms with E-state index in [9.17, 15) is 5.11 Å². The molecule has 0 spiro atoms. The molecule has 3 rings (SSSR count). The topological polar surface area (TPSA) is 54.3 Å². The Morgan fingerprint density at radius 3 is 2.90 bits per heavy atom. The van der Waals surface area contributed by atoms with Crippen LogP contribution in [-0.2, 0) is 16.0 Å². The fraction of sp³-hybridized carbons (Fsp3) is 0.562. The predicted octanol–water partition coefficient (Wildman–Crippen LogP) is 1.05. The van der Waals surface area contributed by atoms with E-state index in [1.807, 2.05) is 6.07 Å². The molecule has 0 aromatic heterocycles. The van der Waals surface area contributed by atoms with E-state index in [2.05, 4.69) is 28.3 Å². The van der Waals surface area contributed by atoms with Crippen molar-refractivity contribution in [2.45, 2.75) is 18.9 Å². The molecular formula is C16H22N2O3. The van der Waals surface area contributed by atoms with E-state index >= 15 is 0 Å². The van der Waals surface area contributed by atoms with Gasteiger partial charge in [-0.2, -0.15) is 0 Å². The third-order valence-corrected chi connectivity index (χ3v) is 3.97. The first-order valence-electron chi connectivity index (χ1n) is 7.58. The zero-order valence-electron chi connectivity index (χ0n) is 12.2. The van der Waals surface area contributed by atoms with Crippen molar-refractivity contribution in [1.29, 1.82) is 0 Å². The molecule has 0 saturated carbocycles. The summed E-state index contributed by atoms with van der Waals surface area (Å²) in [6.07, 6.45) is 1.43. The minimum absolute atomic E-state index is 0.239. The van der Waals surface area contributed by atoms with Crippen LogP contribution in [0.3, 0.4) is 0 Å². The van der Waals surface area contributed by atoms with Gasteiger partial charge in [-0.05, 0) is 18.4 Å². The van der Waals surface area contributed by atoms with Crippen LogP contribution in [-0.4, -0.2) is 61.3 Å². The van der Waals surface area contributed by atoms with Gasteiger partial charge in [-0.25, -0.2) is 0 Å². The van der Waals surface area contributed by atoms with Gasteiger partial charge >= 0.3 is 0 Å². The molecule has 1 atom stereocenters. The molecule has 1 fully saturated rings. The Balaban J connectivity index is 1.46. The number of β-amino-alcohol motifs (C(OH)–C–C–N with tert-alkyl or cyclic N) is 1. The van der Waals surface area contributed by atoms with Gasteiger partial charge in [0.05, 0.1) is 18.9 Å². The molecule has 1 saturated heterocycles. The lowest BCUT2D eigenvalue weighted by molar-refractivity contribution is -0.0131. The number of hydrogen-bond donors (Lipinski definition) is 1. The van der Waals surface area contributed by atoms with Crippen molar-refractivity contribution < 1.29 is 14.7 Å². The monoisotopic (exact) mass is 290 g/mol. The maximum atomic E-state index is 9.99. The summed E-state index contributed by atoms with van der Waals surface area (Å²) >= 11 is 0. The molecule has 5 heteroatoms. The Labute approximate surface area is 125 Å². The molecule has 1 aromatic rings. The number of benzene rings is 1. The van der Waals surface area contributed by atoms with Gasteiger partial charge in [0, 0.05) is 25.2 Å². The summed E-state index contributed by atoms with van der Waals surface area (Å²) in [5, 5.41) is 14.2. The molecule has 0 bridgehead atoms. The number of fused-ring (bicyclic) bond motifs is 1. The summed E-state index contributed by atoms with van der Waals surface area (Å²) in [6.45, 7) is 4.09. The Hall–Kier alpha value is -1.43.